The first-order chi connectivity index (χ1) is 15.6. The van der Waals surface area contributed by atoms with Crippen molar-refractivity contribution in [1.29, 1.82) is 0 Å². The number of benzene rings is 1. The SMILES string of the molecule is CC(C)n1cnnc1Cc1cccc(C(=O)Nc2cccc(-n3cnc(C4CC4)c3)c2)n1. The maximum absolute atomic E-state index is 12.9. The molecule has 5 rings (SSSR count). The molecule has 1 N–H and O–H groups in total. The number of nitrogens with one attached hydrogen (secondary N) is 1. The Kier molecular flexibility index (Phi) is 5.26. The molecule has 0 bridgehead atoms. The molecule has 32 heavy (non-hydrogen) atoms. The summed E-state index contributed by atoms with van der Waals surface area (Å²) in [4.78, 5) is 21.9. The van der Waals surface area contributed by atoms with Crippen molar-refractivity contribution in [3.05, 3.63) is 84.2 Å². The van der Waals surface area contributed by atoms with E-state index in [0.29, 0.717) is 23.7 Å². The van der Waals surface area contributed by atoms with E-state index in [9.17, 15) is 4.79 Å². The second-order valence-corrected chi connectivity index (χ2v) is 8.42. The second kappa shape index (κ2) is 8.37. The Morgan fingerprint density at radius 2 is 2.00 bits per heavy atom. The maximum atomic E-state index is 12.9. The highest BCUT2D eigenvalue weighted by Crippen LogP contribution is 2.39. The predicted octanol–water partition coefficient (Wildman–Crippen LogP) is 4.16. The lowest BCUT2D eigenvalue weighted by molar-refractivity contribution is 0.102. The molecule has 1 aliphatic carbocycles. The van der Waals surface area contributed by atoms with Crippen LogP contribution in [0.4, 0.5) is 5.69 Å². The molecule has 4 aromatic rings. The summed E-state index contributed by atoms with van der Waals surface area (Å²) in [5.41, 5.74) is 3.93. The molecule has 0 spiro atoms. The molecular weight excluding hydrogens is 402 g/mol. The first kappa shape index (κ1) is 20.1. The fourth-order valence-corrected chi connectivity index (χ4v) is 3.70. The highest BCUT2D eigenvalue weighted by Gasteiger charge is 2.25. The molecule has 8 nitrogen and oxygen atoms in total. The molecule has 1 saturated carbocycles. The quantitative estimate of drug-likeness (QED) is 0.478. The summed E-state index contributed by atoms with van der Waals surface area (Å²) in [6, 6.07) is 13.4. The predicted molar refractivity (Wildman–Crippen MR) is 121 cm³/mol. The Labute approximate surface area is 186 Å². The molecule has 1 amide bonds. The van der Waals surface area contributed by atoms with Gasteiger partial charge in [0.2, 0.25) is 0 Å². The molecule has 0 saturated heterocycles. The van der Waals surface area contributed by atoms with Crippen molar-refractivity contribution in [2.75, 3.05) is 5.32 Å². The average molecular weight is 428 g/mol. The van der Waals surface area contributed by atoms with Crippen molar-refractivity contribution in [2.24, 2.45) is 0 Å². The number of nitrogens with zero attached hydrogens (tertiary/aromatic N) is 6. The molecule has 1 fully saturated rings. The van der Waals surface area contributed by atoms with Gasteiger partial charge < -0.3 is 14.5 Å². The van der Waals surface area contributed by atoms with Crippen molar-refractivity contribution in [1.82, 2.24) is 29.3 Å². The van der Waals surface area contributed by atoms with Gasteiger partial charge in [-0.2, -0.15) is 0 Å². The van der Waals surface area contributed by atoms with E-state index in [-0.39, 0.29) is 11.9 Å². The lowest BCUT2D eigenvalue weighted by atomic mass is 10.2. The minimum Gasteiger partial charge on any atom is -0.321 e. The van der Waals surface area contributed by atoms with Crippen molar-refractivity contribution >= 4 is 11.6 Å². The Morgan fingerprint density at radius 1 is 1.16 bits per heavy atom. The third kappa shape index (κ3) is 4.30. The molecule has 1 aliphatic rings. The van der Waals surface area contributed by atoms with Crippen LogP contribution in [-0.4, -0.2) is 35.2 Å². The number of rotatable bonds is 7. The highest BCUT2D eigenvalue weighted by molar-refractivity contribution is 6.03. The number of imidazole rings is 1. The number of anilines is 1. The molecule has 0 radical (unpaired) electrons. The largest absolute Gasteiger partial charge is 0.321 e. The molecule has 162 valence electrons. The van der Waals surface area contributed by atoms with Gasteiger partial charge in [-0.05, 0) is 57.0 Å². The maximum Gasteiger partial charge on any atom is 0.274 e. The van der Waals surface area contributed by atoms with Gasteiger partial charge in [-0.1, -0.05) is 12.1 Å². The summed E-state index contributed by atoms with van der Waals surface area (Å²) in [7, 11) is 0. The van der Waals surface area contributed by atoms with Crippen LogP contribution in [0.25, 0.3) is 5.69 Å². The normalized spacial score (nSPS) is 13.5. The fourth-order valence-electron chi connectivity index (χ4n) is 3.70. The van der Waals surface area contributed by atoms with Gasteiger partial charge in [0.1, 0.15) is 17.8 Å². The third-order valence-electron chi connectivity index (χ3n) is 5.58. The zero-order valence-electron chi connectivity index (χ0n) is 18.1. The van der Waals surface area contributed by atoms with Gasteiger partial charge in [0.25, 0.3) is 5.91 Å². The van der Waals surface area contributed by atoms with Crippen LogP contribution in [0.1, 0.15) is 66.3 Å². The molecule has 0 atom stereocenters. The van der Waals surface area contributed by atoms with Crippen molar-refractivity contribution in [2.45, 2.75) is 45.1 Å². The number of amides is 1. The zero-order valence-corrected chi connectivity index (χ0v) is 18.1. The van der Waals surface area contributed by atoms with Crippen molar-refractivity contribution < 1.29 is 4.79 Å². The number of carbonyl (C=O) groups excluding carboxylic acids is 1. The number of hydrogen-bond acceptors (Lipinski definition) is 5. The zero-order chi connectivity index (χ0) is 22.1. The summed E-state index contributed by atoms with van der Waals surface area (Å²) in [5.74, 6) is 1.18. The number of hydrogen-bond donors (Lipinski definition) is 1. The highest BCUT2D eigenvalue weighted by atomic mass is 16.1. The Morgan fingerprint density at radius 3 is 2.81 bits per heavy atom. The van der Waals surface area contributed by atoms with Crippen molar-refractivity contribution in [3.8, 4) is 5.69 Å². The summed E-state index contributed by atoms with van der Waals surface area (Å²) < 4.78 is 4.00. The van der Waals surface area contributed by atoms with Crippen LogP contribution in [0.15, 0.2) is 61.3 Å². The van der Waals surface area contributed by atoms with Gasteiger partial charge in [-0.3, -0.25) is 4.79 Å². The van der Waals surface area contributed by atoms with E-state index in [4.69, 9.17) is 0 Å². The Bertz CT molecular complexity index is 1250. The number of carbonyl (C=O) groups is 1. The smallest absolute Gasteiger partial charge is 0.274 e. The van der Waals surface area contributed by atoms with Crippen LogP contribution in [0.5, 0.6) is 0 Å². The van der Waals surface area contributed by atoms with Crippen molar-refractivity contribution in [3.63, 3.8) is 0 Å². The molecule has 3 heterocycles. The molecular formula is C24H25N7O. The first-order valence-electron chi connectivity index (χ1n) is 10.9. The Hall–Kier alpha value is -3.81. The molecule has 3 aromatic heterocycles. The molecule has 8 heteroatoms. The van der Waals surface area contributed by atoms with Crippen LogP contribution < -0.4 is 5.32 Å². The van der Waals surface area contributed by atoms with Gasteiger partial charge in [0.05, 0.1) is 18.4 Å². The van der Waals surface area contributed by atoms with Crippen LogP contribution in [0.2, 0.25) is 0 Å². The van der Waals surface area contributed by atoms with Gasteiger partial charge in [-0.25, -0.2) is 9.97 Å². The second-order valence-electron chi connectivity index (χ2n) is 8.42. The molecule has 0 unspecified atom stereocenters. The van der Waals surface area contributed by atoms with E-state index in [0.717, 1.165) is 22.9 Å². The van der Waals surface area contributed by atoms with Crippen LogP contribution in [0.3, 0.4) is 0 Å². The molecule has 1 aromatic carbocycles. The van der Waals surface area contributed by atoms with E-state index < -0.39 is 0 Å². The minimum absolute atomic E-state index is 0.251. The summed E-state index contributed by atoms with van der Waals surface area (Å²) >= 11 is 0. The fraction of sp³-hybridized carbons (Fsp3) is 0.292. The van der Waals surface area contributed by atoms with Gasteiger partial charge >= 0.3 is 0 Å². The van der Waals surface area contributed by atoms with Gasteiger partial charge in [0, 0.05) is 35.2 Å². The number of pyridine rings is 1. The van der Waals surface area contributed by atoms with E-state index in [1.807, 2.05) is 51.9 Å². The van der Waals surface area contributed by atoms with E-state index in [1.165, 1.54) is 12.8 Å². The minimum atomic E-state index is -0.251. The standard InChI is InChI=1S/C24H25N7O/c1-16(2)31-15-26-29-23(31)12-19-6-4-8-21(27-19)24(32)28-18-5-3-7-20(11-18)30-13-22(25-14-30)17-9-10-17/h3-8,11,13-17H,9-10,12H2,1-2H3,(H,28,32). The van der Waals surface area contributed by atoms with Gasteiger partial charge in [0.15, 0.2) is 0 Å². The van der Waals surface area contributed by atoms with Crippen LogP contribution in [-0.2, 0) is 6.42 Å². The van der Waals surface area contributed by atoms with Gasteiger partial charge in [-0.15, -0.1) is 10.2 Å². The van der Waals surface area contributed by atoms with E-state index in [1.54, 1.807) is 12.4 Å². The molecule has 0 aliphatic heterocycles. The summed E-state index contributed by atoms with van der Waals surface area (Å²) in [6.07, 6.45) is 8.56. The van der Waals surface area contributed by atoms with E-state index >= 15 is 0 Å². The lowest BCUT2D eigenvalue weighted by Crippen LogP contribution is -2.15. The van der Waals surface area contributed by atoms with Crippen LogP contribution in [0, 0.1) is 0 Å². The van der Waals surface area contributed by atoms with Crippen LogP contribution >= 0.6 is 0 Å². The monoisotopic (exact) mass is 427 g/mol. The summed E-state index contributed by atoms with van der Waals surface area (Å²) in [6.45, 7) is 4.16. The lowest BCUT2D eigenvalue weighted by Gasteiger charge is -2.10. The third-order valence-corrected chi connectivity index (χ3v) is 5.58. The topological polar surface area (TPSA) is 90.5 Å². The number of aromatic nitrogens is 6. The average Bonchev–Trinajstić information content (AvgIpc) is 3.33. The summed E-state index contributed by atoms with van der Waals surface area (Å²) in [5, 5.41) is 11.2. The van der Waals surface area contributed by atoms with E-state index in [2.05, 4.69) is 45.5 Å². The first-order valence-corrected chi connectivity index (χ1v) is 10.9. The Balaban J connectivity index is 1.30.